The zero-order valence-electron chi connectivity index (χ0n) is 20.5. The van der Waals surface area contributed by atoms with Crippen LogP contribution in [0.25, 0.3) is 0 Å². The highest BCUT2D eigenvalue weighted by molar-refractivity contribution is 5.95. The summed E-state index contributed by atoms with van der Waals surface area (Å²) in [6, 6.07) is -4.75. The fraction of sp³-hybridized carbons (Fsp3) is 0.714. The Kier molecular flexibility index (Phi) is 14.2. The van der Waals surface area contributed by atoms with E-state index < -0.39 is 72.8 Å². The molecule has 10 N–H and O–H groups in total. The van der Waals surface area contributed by atoms with Crippen molar-refractivity contribution in [1.82, 2.24) is 21.3 Å². The number of carbonyl (C=O) groups is 6. The second-order valence-electron chi connectivity index (χ2n) is 8.88. The summed E-state index contributed by atoms with van der Waals surface area (Å²) in [4.78, 5) is 71.9. The Hall–Kier alpha value is -3.26. The van der Waals surface area contributed by atoms with E-state index >= 15 is 0 Å². The number of aliphatic hydroxyl groups excluding tert-OH is 1. The summed E-state index contributed by atoms with van der Waals surface area (Å²) in [5.41, 5.74) is 10.9. The SMILES string of the molecule is CC(C)CC(NC(=O)C(N)C(C)C)C(=O)NC(CO)C(=O)NC(CCC(N)=O)C(=O)NCC(=O)O. The van der Waals surface area contributed by atoms with Crippen molar-refractivity contribution in [3.63, 3.8) is 0 Å². The number of carbonyl (C=O) groups excluding carboxylic acids is 5. The summed E-state index contributed by atoms with van der Waals surface area (Å²) >= 11 is 0. The summed E-state index contributed by atoms with van der Waals surface area (Å²) in [6.07, 6.45) is -0.307. The van der Waals surface area contributed by atoms with Gasteiger partial charge in [0.1, 0.15) is 24.7 Å². The quantitative estimate of drug-likeness (QED) is 0.107. The van der Waals surface area contributed by atoms with Crippen LogP contribution in [0.3, 0.4) is 0 Å². The van der Waals surface area contributed by atoms with Gasteiger partial charge in [-0.2, -0.15) is 0 Å². The number of hydrogen-bond donors (Lipinski definition) is 8. The molecule has 0 rings (SSSR count). The number of carboxylic acid groups (broad SMARTS) is 1. The van der Waals surface area contributed by atoms with Gasteiger partial charge >= 0.3 is 5.97 Å². The number of nitrogens with two attached hydrogens (primary N) is 2. The van der Waals surface area contributed by atoms with Crippen molar-refractivity contribution < 1.29 is 39.0 Å². The van der Waals surface area contributed by atoms with Gasteiger partial charge in [0.15, 0.2) is 0 Å². The lowest BCUT2D eigenvalue weighted by Crippen LogP contribution is -2.59. The highest BCUT2D eigenvalue weighted by Gasteiger charge is 2.31. The molecule has 14 nitrogen and oxygen atoms in total. The number of aliphatic hydroxyl groups is 1. The molecule has 4 atom stereocenters. The van der Waals surface area contributed by atoms with E-state index in [1.807, 2.05) is 13.8 Å². The average molecular weight is 503 g/mol. The molecule has 0 aliphatic heterocycles. The van der Waals surface area contributed by atoms with Gasteiger partial charge in [-0.05, 0) is 24.7 Å². The van der Waals surface area contributed by atoms with E-state index in [1.54, 1.807) is 13.8 Å². The normalized spacial score (nSPS) is 14.4. The van der Waals surface area contributed by atoms with Crippen molar-refractivity contribution in [3.8, 4) is 0 Å². The predicted octanol–water partition coefficient (Wildman–Crippen LogP) is -3.07. The molecule has 0 aromatic carbocycles. The summed E-state index contributed by atoms with van der Waals surface area (Å²) < 4.78 is 0. The maximum Gasteiger partial charge on any atom is 0.322 e. The van der Waals surface area contributed by atoms with Crippen LogP contribution in [0.1, 0.15) is 47.0 Å². The molecule has 0 saturated heterocycles. The van der Waals surface area contributed by atoms with Crippen LogP contribution in [0.4, 0.5) is 0 Å². The molecule has 200 valence electrons. The second kappa shape index (κ2) is 15.6. The Balaban J connectivity index is 5.43. The molecule has 0 aliphatic carbocycles. The van der Waals surface area contributed by atoms with E-state index in [0.29, 0.717) is 0 Å². The lowest BCUT2D eigenvalue weighted by atomic mass is 10.00. The van der Waals surface area contributed by atoms with Gasteiger partial charge in [0.05, 0.1) is 12.6 Å². The Labute approximate surface area is 203 Å². The molecule has 0 aromatic rings. The van der Waals surface area contributed by atoms with Gasteiger partial charge in [-0.25, -0.2) is 0 Å². The van der Waals surface area contributed by atoms with E-state index in [2.05, 4.69) is 21.3 Å². The van der Waals surface area contributed by atoms with Gasteiger partial charge in [-0.15, -0.1) is 0 Å². The molecule has 0 saturated carbocycles. The lowest BCUT2D eigenvalue weighted by Gasteiger charge is -2.26. The van der Waals surface area contributed by atoms with Gasteiger partial charge < -0.3 is 42.9 Å². The fourth-order valence-corrected chi connectivity index (χ4v) is 2.85. The molecule has 35 heavy (non-hydrogen) atoms. The Morgan fingerprint density at radius 1 is 0.800 bits per heavy atom. The highest BCUT2D eigenvalue weighted by atomic mass is 16.4. The molecule has 14 heteroatoms. The first kappa shape index (κ1) is 31.7. The lowest BCUT2D eigenvalue weighted by molar-refractivity contribution is -0.139. The van der Waals surface area contributed by atoms with Crippen molar-refractivity contribution in [1.29, 1.82) is 0 Å². The van der Waals surface area contributed by atoms with E-state index in [4.69, 9.17) is 16.6 Å². The first-order chi connectivity index (χ1) is 16.2. The number of aliphatic carboxylic acids is 1. The molecule has 4 unspecified atom stereocenters. The molecule has 0 radical (unpaired) electrons. The number of nitrogens with one attached hydrogen (secondary N) is 4. The van der Waals surface area contributed by atoms with Crippen molar-refractivity contribution in [3.05, 3.63) is 0 Å². The van der Waals surface area contributed by atoms with Crippen molar-refractivity contribution >= 4 is 35.5 Å². The molecular weight excluding hydrogens is 464 g/mol. The standard InChI is InChI=1S/C21H38N6O8/c1-10(2)7-13(26-21(35)17(23)11(3)4)19(33)27-14(9-28)20(34)25-12(5-6-15(22)29)18(32)24-8-16(30)31/h10-14,17,28H,5-9,23H2,1-4H3,(H2,22,29)(H,24,32)(H,25,34)(H,26,35)(H,27,33)(H,30,31). The monoisotopic (exact) mass is 502 g/mol. The minimum absolute atomic E-state index is 0.0150. The van der Waals surface area contributed by atoms with Gasteiger partial charge in [0.2, 0.25) is 29.5 Å². The molecule has 5 amide bonds. The maximum atomic E-state index is 12.8. The van der Waals surface area contributed by atoms with Crippen molar-refractivity contribution in [2.75, 3.05) is 13.2 Å². The fourth-order valence-electron chi connectivity index (χ4n) is 2.85. The Bertz CT molecular complexity index is 773. The number of carboxylic acids is 1. The highest BCUT2D eigenvalue weighted by Crippen LogP contribution is 2.08. The third-order valence-electron chi connectivity index (χ3n) is 4.90. The van der Waals surface area contributed by atoms with Crippen LogP contribution < -0.4 is 32.7 Å². The van der Waals surface area contributed by atoms with Crippen molar-refractivity contribution in [2.24, 2.45) is 23.3 Å². The van der Waals surface area contributed by atoms with Crippen LogP contribution in [0.5, 0.6) is 0 Å². The van der Waals surface area contributed by atoms with E-state index in [9.17, 15) is 33.9 Å². The van der Waals surface area contributed by atoms with E-state index in [0.717, 1.165) is 0 Å². The first-order valence-corrected chi connectivity index (χ1v) is 11.2. The van der Waals surface area contributed by atoms with Crippen LogP contribution in [0, 0.1) is 11.8 Å². The number of amides is 5. The zero-order chi connectivity index (χ0) is 27.3. The van der Waals surface area contributed by atoms with Crippen LogP contribution in [-0.2, 0) is 28.8 Å². The van der Waals surface area contributed by atoms with Gasteiger partial charge in [-0.3, -0.25) is 28.8 Å². The molecule has 0 heterocycles. The number of primary amides is 1. The van der Waals surface area contributed by atoms with Crippen LogP contribution in [-0.4, -0.2) is 83.0 Å². The largest absolute Gasteiger partial charge is 0.480 e. The Morgan fingerprint density at radius 3 is 1.77 bits per heavy atom. The average Bonchev–Trinajstić information content (AvgIpc) is 2.76. The van der Waals surface area contributed by atoms with E-state index in [-0.39, 0.29) is 31.1 Å². The molecule has 0 bridgehead atoms. The number of hydrogen-bond acceptors (Lipinski definition) is 8. The predicted molar refractivity (Wildman–Crippen MR) is 124 cm³/mol. The minimum Gasteiger partial charge on any atom is -0.480 e. The molecular formula is C21H38N6O8. The van der Waals surface area contributed by atoms with Crippen LogP contribution in [0.2, 0.25) is 0 Å². The zero-order valence-corrected chi connectivity index (χ0v) is 20.5. The van der Waals surface area contributed by atoms with Gasteiger partial charge in [0.25, 0.3) is 0 Å². The van der Waals surface area contributed by atoms with Crippen LogP contribution in [0.15, 0.2) is 0 Å². The Morgan fingerprint density at radius 2 is 1.31 bits per heavy atom. The minimum atomic E-state index is -1.50. The molecule has 0 aliphatic rings. The third-order valence-corrected chi connectivity index (χ3v) is 4.90. The van der Waals surface area contributed by atoms with E-state index in [1.165, 1.54) is 0 Å². The molecule has 0 spiro atoms. The van der Waals surface area contributed by atoms with Crippen molar-refractivity contribution in [2.45, 2.75) is 71.1 Å². The van der Waals surface area contributed by atoms with Gasteiger partial charge in [0, 0.05) is 6.42 Å². The maximum absolute atomic E-state index is 12.8. The second-order valence-corrected chi connectivity index (χ2v) is 8.88. The van der Waals surface area contributed by atoms with Crippen LogP contribution >= 0.6 is 0 Å². The first-order valence-electron chi connectivity index (χ1n) is 11.2. The topological polar surface area (TPSA) is 243 Å². The molecule has 0 fully saturated rings. The third kappa shape index (κ3) is 12.7. The summed E-state index contributed by atoms with van der Waals surface area (Å²) in [6.45, 7) is 5.57. The van der Waals surface area contributed by atoms with Gasteiger partial charge in [-0.1, -0.05) is 27.7 Å². The molecule has 0 aromatic heterocycles. The summed E-state index contributed by atoms with van der Waals surface area (Å²) in [5.74, 6) is -5.43. The summed E-state index contributed by atoms with van der Waals surface area (Å²) in [7, 11) is 0. The summed E-state index contributed by atoms with van der Waals surface area (Å²) in [5, 5.41) is 27.6. The number of rotatable bonds is 16. The smallest absolute Gasteiger partial charge is 0.322 e.